The van der Waals surface area contributed by atoms with Gasteiger partial charge in [0.05, 0.1) is 24.2 Å². The van der Waals surface area contributed by atoms with E-state index >= 15 is 0 Å². The molecule has 1 heterocycles. The van der Waals surface area contributed by atoms with Crippen molar-refractivity contribution in [2.24, 2.45) is 0 Å². The summed E-state index contributed by atoms with van der Waals surface area (Å²) in [5, 5.41) is 3.12. The van der Waals surface area contributed by atoms with Crippen molar-refractivity contribution >= 4 is 5.82 Å². The molecule has 1 aromatic rings. The zero-order chi connectivity index (χ0) is 12.7. The molecule has 96 valence electrons. The van der Waals surface area contributed by atoms with Gasteiger partial charge in [0.15, 0.2) is 0 Å². The van der Waals surface area contributed by atoms with E-state index in [1.54, 1.807) is 13.3 Å². The van der Waals surface area contributed by atoms with Crippen molar-refractivity contribution < 1.29 is 4.74 Å². The molecule has 0 amide bonds. The van der Waals surface area contributed by atoms with Crippen LogP contribution in [0.5, 0.6) is 0 Å². The highest BCUT2D eigenvalue weighted by atomic mass is 16.5. The highest BCUT2D eigenvalue weighted by Gasteiger charge is 2.06. The molecule has 0 saturated heterocycles. The maximum absolute atomic E-state index is 5.22. The van der Waals surface area contributed by atoms with Crippen LogP contribution in [0.15, 0.2) is 12.4 Å². The largest absolute Gasteiger partial charge is 0.380 e. The Morgan fingerprint density at radius 2 is 2.18 bits per heavy atom. The van der Waals surface area contributed by atoms with Gasteiger partial charge >= 0.3 is 0 Å². The Balaban J connectivity index is 2.45. The molecule has 1 aromatic heterocycles. The Labute approximate surface area is 103 Å². The third-order valence-corrected chi connectivity index (χ3v) is 2.47. The van der Waals surface area contributed by atoms with E-state index < -0.39 is 0 Å². The molecule has 0 saturated carbocycles. The minimum absolute atomic E-state index is 0.231. The minimum Gasteiger partial charge on any atom is -0.380 e. The number of anilines is 1. The van der Waals surface area contributed by atoms with E-state index in [0.717, 1.165) is 31.1 Å². The van der Waals surface area contributed by atoms with Crippen LogP contribution in [0, 0.1) is 0 Å². The Kier molecular flexibility index (Phi) is 5.86. The van der Waals surface area contributed by atoms with Gasteiger partial charge in [-0.3, -0.25) is 9.88 Å². The summed E-state index contributed by atoms with van der Waals surface area (Å²) in [4.78, 5) is 10.8. The second-order valence-electron chi connectivity index (χ2n) is 4.17. The van der Waals surface area contributed by atoms with E-state index in [9.17, 15) is 0 Å². The predicted molar refractivity (Wildman–Crippen MR) is 69.0 cm³/mol. The summed E-state index contributed by atoms with van der Waals surface area (Å²) in [5.74, 6) is 0.823. The first-order chi connectivity index (χ1) is 8.15. The maximum Gasteiger partial charge on any atom is 0.144 e. The van der Waals surface area contributed by atoms with Gasteiger partial charge in [0.1, 0.15) is 5.82 Å². The molecule has 0 spiro atoms. The van der Waals surface area contributed by atoms with Crippen molar-refractivity contribution in [3.8, 4) is 0 Å². The molecule has 0 aliphatic heterocycles. The van der Waals surface area contributed by atoms with Crippen molar-refractivity contribution in [3.05, 3.63) is 18.1 Å². The van der Waals surface area contributed by atoms with Gasteiger partial charge in [0, 0.05) is 26.7 Å². The van der Waals surface area contributed by atoms with Crippen LogP contribution in [0.2, 0.25) is 0 Å². The van der Waals surface area contributed by atoms with E-state index in [-0.39, 0.29) is 6.10 Å². The molecule has 1 unspecified atom stereocenters. The lowest BCUT2D eigenvalue weighted by atomic mass is 10.3. The standard InChI is InChI=1S/C12H22N4O/c1-5-13-12-7-14-11(6-15-12)9-16(3)8-10(2)17-4/h6-7,10H,5,8-9H2,1-4H3,(H,13,15). The lowest BCUT2D eigenvalue weighted by molar-refractivity contribution is 0.0833. The van der Waals surface area contributed by atoms with Crippen LogP contribution in [-0.4, -0.2) is 48.2 Å². The molecule has 1 N–H and O–H groups in total. The summed E-state index contributed by atoms with van der Waals surface area (Å²) < 4.78 is 5.22. The van der Waals surface area contributed by atoms with Gasteiger partial charge in [0.25, 0.3) is 0 Å². The zero-order valence-electron chi connectivity index (χ0n) is 11.1. The van der Waals surface area contributed by atoms with Gasteiger partial charge in [-0.15, -0.1) is 0 Å². The Morgan fingerprint density at radius 3 is 2.71 bits per heavy atom. The smallest absolute Gasteiger partial charge is 0.144 e. The minimum atomic E-state index is 0.231. The Bertz CT molecular complexity index is 315. The van der Waals surface area contributed by atoms with Gasteiger partial charge in [0.2, 0.25) is 0 Å². The third-order valence-electron chi connectivity index (χ3n) is 2.47. The number of nitrogens with zero attached hydrogens (tertiary/aromatic N) is 3. The first-order valence-corrected chi connectivity index (χ1v) is 5.91. The number of nitrogens with one attached hydrogen (secondary N) is 1. The van der Waals surface area contributed by atoms with Crippen LogP contribution in [0.4, 0.5) is 5.82 Å². The molecule has 0 bridgehead atoms. The highest BCUT2D eigenvalue weighted by Crippen LogP contribution is 2.03. The van der Waals surface area contributed by atoms with Crippen LogP contribution < -0.4 is 5.32 Å². The second kappa shape index (κ2) is 7.19. The molecule has 0 radical (unpaired) electrons. The fourth-order valence-corrected chi connectivity index (χ4v) is 1.56. The summed E-state index contributed by atoms with van der Waals surface area (Å²) in [6, 6.07) is 0. The maximum atomic E-state index is 5.22. The van der Waals surface area contributed by atoms with Crippen LogP contribution in [-0.2, 0) is 11.3 Å². The van der Waals surface area contributed by atoms with E-state index in [0.29, 0.717) is 0 Å². The molecule has 0 fully saturated rings. The number of hydrogen-bond acceptors (Lipinski definition) is 5. The van der Waals surface area contributed by atoms with Crippen molar-refractivity contribution in [1.82, 2.24) is 14.9 Å². The monoisotopic (exact) mass is 238 g/mol. The van der Waals surface area contributed by atoms with Gasteiger partial charge in [-0.2, -0.15) is 0 Å². The first-order valence-electron chi connectivity index (χ1n) is 5.91. The summed E-state index contributed by atoms with van der Waals surface area (Å²) in [6.07, 6.45) is 3.81. The fourth-order valence-electron chi connectivity index (χ4n) is 1.56. The molecule has 0 aliphatic rings. The summed E-state index contributed by atoms with van der Waals surface area (Å²) in [6.45, 7) is 6.62. The van der Waals surface area contributed by atoms with Crippen molar-refractivity contribution in [2.45, 2.75) is 26.5 Å². The van der Waals surface area contributed by atoms with Crippen molar-refractivity contribution in [3.63, 3.8) is 0 Å². The molecule has 1 atom stereocenters. The normalized spacial score (nSPS) is 12.8. The number of aromatic nitrogens is 2. The molecule has 5 heteroatoms. The molecular formula is C12H22N4O. The molecule has 1 rings (SSSR count). The van der Waals surface area contributed by atoms with Crippen molar-refractivity contribution in [2.75, 3.05) is 32.6 Å². The Morgan fingerprint density at radius 1 is 1.41 bits per heavy atom. The topological polar surface area (TPSA) is 50.3 Å². The Hall–Kier alpha value is -1.20. The average Bonchev–Trinajstić information content (AvgIpc) is 2.31. The van der Waals surface area contributed by atoms with Crippen LogP contribution in [0.1, 0.15) is 19.5 Å². The summed E-state index contributed by atoms with van der Waals surface area (Å²) in [5.41, 5.74) is 0.970. The van der Waals surface area contributed by atoms with Gasteiger partial charge in [-0.25, -0.2) is 4.98 Å². The lowest BCUT2D eigenvalue weighted by Gasteiger charge is -2.19. The number of hydrogen-bond donors (Lipinski definition) is 1. The highest BCUT2D eigenvalue weighted by molar-refractivity contribution is 5.30. The van der Waals surface area contributed by atoms with E-state index in [4.69, 9.17) is 4.74 Å². The van der Waals surface area contributed by atoms with Gasteiger partial charge < -0.3 is 10.1 Å². The average molecular weight is 238 g/mol. The number of likely N-dealkylation sites (N-methyl/N-ethyl adjacent to an activating group) is 1. The summed E-state index contributed by atoms with van der Waals surface area (Å²) >= 11 is 0. The zero-order valence-corrected chi connectivity index (χ0v) is 11.1. The van der Waals surface area contributed by atoms with E-state index in [1.165, 1.54) is 0 Å². The third kappa shape index (κ3) is 5.10. The van der Waals surface area contributed by atoms with Gasteiger partial charge in [-0.1, -0.05) is 0 Å². The van der Waals surface area contributed by atoms with E-state index in [2.05, 4.69) is 34.2 Å². The summed E-state index contributed by atoms with van der Waals surface area (Å²) in [7, 11) is 3.78. The van der Waals surface area contributed by atoms with Gasteiger partial charge in [-0.05, 0) is 20.9 Å². The van der Waals surface area contributed by atoms with Crippen LogP contribution in [0.3, 0.4) is 0 Å². The van der Waals surface area contributed by atoms with Crippen LogP contribution in [0.25, 0.3) is 0 Å². The number of ether oxygens (including phenoxy) is 1. The number of rotatable bonds is 7. The van der Waals surface area contributed by atoms with Crippen molar-refractivity contribution in [1.29, 1.82) is 0 Å². The first kappa shape index (κ1) is 13.9. The van der Waals surface area contributed by atoms with E-state index in [1.807, 2.05) is 13.1 Å². The molecule has 0 aromatic carbocycles. The molecule has 17 heavy (non-hydrogen) atoms. The molecular weight excluding hydrogens is 216 g/mol. The second-order valence-corrected chi connectivity index (χ2v) is 4.17. The molecule has 5 nitrogen and oxygen atoms in total. The van der Waals surface area contributed by atoms with Crippen LogP contribution >= 0.6 is 0 Å². The fraction of sp³-hybridized carbons (Fsp3) is 0.667. The lowest BCUT2D eigenvalue weighted by Crippen LogP contribution is -2.28. The predicted octanol–water partition coefficient (Wildman–Crippen LogP) is 1.38. The number of methoxy groups -OCH3 is 1. The SMILES string of the molecule is CCNc1cnc(CN(C)CC(C)OC)cn1. The molecule has 0 aliphatic carbocycles. The quantitative estimate of drug-likeness (QED) is 0.777.